The van der Waals surface area contributed by atoms with Crippen molar-refractivity contribution in [2.45, 2.75) is 193 Å². The lowest BCUT2D eigenvalue weighted by molar-refractivity contribution is -0.154. The van der Waals surface area contributed by atoms with E-state index in [1.54, 1.807) is 0 Å². The minimum Gasteiger partial charge on any atom is -0.457 e. The van der Waals surface area contributed by atoms with Gasteiger partial charge in [0.05, 0.1) is 13.2 Å². The topological polar surface area (TPSA) is 55.8 Å². The lowest BCUT2D eigenvalue weighted by Crippen LogP contribution is -2.27. The Hall–Kier alpha value is -1.13. The molecule has 0 saturated heterocycles. The van der Waals surface area contributed by atoms with Crippen LogP contribution in [0.15, 0.2) is 24.3 Å². The van der Waals surface area contributed by atoms with Gasteiger partial charge >= 0.3 is 5.97 Å². The highest BCUT2D eigenvalue weighted by molar-refractivity contribution is 5.69. The van der Waals surface area contributed by atoms with Gasteiger partial charge in [0.2, 0.25) is 0 Å². The van der Waals surface area contributed by atoms with Crippen LogP contribution in [-0.4, -0.2) is 37.0 Å². The Labute approximate surface area is 262 Å². The lowest BCUT2D eigenvalue weighted by atomic mass is 10.1. The van der Waals surface area contributed by atoms with Gasteiger partial charge in [-0.1, -0.05) is 141 Å². The number of ether oxygens (including phenoxy) is 2. The van der Waals surface area contributed by atoms with E-state index < -0.39 is 6.10 Å². The maximum Gasteiger partial charge on any atom is 0.306 e. The Morgan fingerprint density at radius 1 is 0.548 bits per heavy atom. The van der Waals surface area contributed by atoms with E-state index in [4.69, 9.17) is 9.47 Å². The summed E-state index contributed by atoms with van der Waals surface area (Å²) in [6.45, 7) is 5.32. The molecule has 0 aromatic rings. The van der Waals surface area contributed by atoms with E-state index in [9.17, 15) is 9.90 Å². The molecule has 4 heteroatoms. The van der Waals surface area contributed by atoms with Gasteiger partial charge in [-0.25, -0.2) is 0 Å². The molecule has 0 aliphatic heterocycles. The predicted molar refractivity (Wildman–Crippen MR) is 182 cm³/mol. The van der Waals surface area contributed by atoms with Crippen molar-refractivity contribution in [2.24, 2.45) is 0 Å². The van der Waals surface area contributed by atoms with Gasteiger partial charge in [-0.05, 0) is 64.2 Å². The quantitative estimate of drug-likeness (QED) is 0.0459. The summed E-state index contributed by atoms with van der Waals surface area (Å²) in [7, 11) is 0. The first-order chi connectivity index (χ1) is 20.7. The Balaban J connectivity index is 3.45. The van der Waals surface area contributed by atoms with Crippen molar-refractivity contribution in [3.8, 4) is 0 Å². The molecule has 0 bridgehead atoms. The monoisotopic (exact) mass is 593 g/mol. The van der Waals surface area contributed by atoms with Crippen molar-refractivity contribution in [3.05, 3.63) is 24.3 Å². The standard InChI is InChI=1S/C38H72O4/c1-3-5-7-9-11-13-15-17-19-21-23-25-27-29-31-33-38(40)42-37(35-39)36-41-34-32-30-28-26-24-22-20-18-16-14-12-10-8-6-4-2/h16-19,37,39H,3-15,20-36H2,1-2H3/b18-16-,19-17-. The van der Waals surface area contributed by atoms with E-state index in [1.165, 1.54) is 148 Å². The molecule has 0 aromatic carbocycles. The van der Waals surface area contributed by atoms with Crippen LogP contribution in [0.25, 0.3) is 0 Å². The van der Waals surface area contributed by atoms with E-state index >= 15 is 0 Å². The molecular weight excluding hydrogens is 520 g/mol. The number of carbonyl (C=O) groups is 1. The van der Waals surface area contributed by atoms with Gasteiger partial charge < -0.3 is 14.6 Å². The third kappa shape index (κ3) is 33.4. The molecule has 248 valence electrons. The van der Waals surface area contributed by atoms with E-state index in [2.05, 4.69) is 38.2 Å². The predicted octanol–water partition coefficient (Wildman–Crippen LogP) is 11.6. The van der Waals surface area contributed by atoms with Crippen LogP contribution < -0.4 is 0 Å². The summed E-state index contributed by atoms with van der Waals surface area (Å²) in [6.07, 6.45) is 42.1. The number of esters is 1. The zero-order valence-electron chi connectivity index (χ0n) is 28.3. The molecule has 0 fully saturated rings. The average Bonchev–Trinajstić information content (AvgIpc) is 3.00. The molecule has 0 aliphatic rings. The second-order valence-corrected chi connectivity index (χ2v) is 12.3. The van der Waals surface area contributed by atoms with Crippen molar-refractivity contribution in [3.63, 3.8) is 0 Å². The molecule has 42 heavy (non-hydrogen) atoms. The number of allylic oxidation sites excluding steroid dienone is 4. The Morgan fingerprint density at radius 2 is 0.929 bits per heavy atom. The minimum atomic E-state index is -0.537. The van der Waals surface area contributed by atoms with Gasteiger partial charge in [-0.2, -0.15) is 0 Å². The molecule has 0 saturated carbocycles. The molecule has 0 heterocycles. The molecule has 0 aliphatic carbocycles. The fraction of sp³-hybridized carbons (Fsp3) is 0.868. The normalized spacial score (nSPS) is 12.5. The number of hydrogen-bond donors (Lipinski definition) is 1. The third-order valence-corrected chi connectivity index (χ3v) is 8.00. The highest BCUT2D eigenvalue weighted by atomic mass is 16.6. The fourth-order valence-corrected chi connectivity index (χ4v) is 5.20. The van der Waals surface area contributed by atoms with E-state index in [0.717, 1.165) is 19.3 Å². The number of carbonyl (C=O) groups excluding carboxylic acids is 1. The maximum absolute atomic E-state index is 12.1. The van der Waals surface area contributed by atoms with Gasteiger partial charge in [0.15, 0.2) is 0 Å². The summed E-state index contributed by atoms with van der Waals surface area (Å²) < 4.78 is 11.1. The summed E-state index contributed by atoms with van der Waals surface area (Å²) in [5, 5.41) is 9.55. The molecule has 0 amide bonds. The first kappa shape index (κ1) is 40.9. The average molecular weight is 593 g/mol. The zero-order chi connectivity index (χ0) is 30.6. The number of hydrogen-bond acceptors (Lipinski definition) is 4. The van der Waals surface area contributed by atoms with Crippen LogP contribution in [0.5, 0.6) is 0 Å². The van der Waals surface area contributed by atoms with Crippen molar-refractivity contribution in [1.82, 2.24) is 0 Å². The zero-order valence-corrected chi connectivity index (χ0v) is 28.3. The van der Waals surface area contributed by atoms with E-state index in [1.807, 2.05) is 0 Å². The van der Waals surface area contributed by atoms with Gasteiger partial charge in [0, 0.05) is 13.0 Å². The first-order valence-corrected chi connectivity index (χ1v) is 18.4. The molecular formula is C38H72O4. The minimum absolute atomic E-state index is 0.175. The van der Waals surface area contributed by atoms with Crippen molar-refractivity contribution < 1.29 is 19.4 Å². The molecule has 1 N–H and O–H groups in total. The highest BCUT2D eigenvalue weighted by Crippen LogP contribution is 2.12. The Kier molecular flexibility index (Phi) is 35.1. The van der Waals surface area contributed by atoms with Crippen LogP contribution in [0.1, 0.15) is 187 Å². The summed E-state index contributed by atoms with van der Waals surface area (Å²) in [5.41, 5.74) is 0. The van der Waals surface area contributed by atoms with Gasteiger partial charge in [-0.3, -0.25) is 4.79 Å². The van der Waals surface area contributed by atoms with E-state index in [-0.39, 0.29) is 12.6 Å². The number of aliphatic hydroxyl groups is 1. The van der Waals surface area contributed by atoms with Gasteiger partial charge in [-0.15, -0.1) is 0 Å². The molecule has 0 radical (unpaired) electrons. The van der Waals surface area contributed by atoms with E-state index in [0.29, 0.717) is 19.6 Å². The van der Waals surface area contributed by atoms with Gasteiger partial charge in [0.1, 0.15) is 6.10 Å². The number of rotatable bonds is 34. The number of unbranched alkanes of at least 4 members (excludes halogenated alkanes) is 22. The lowest BCUT2D eigenvalue weighted by Gasteiger charge is -2.15. The largest absolute Gasteiger partial charge is 0.457 e. The highest BCUT2D eigenvalue weighted by Gasteiger charge is 2.13. The maximum atomic E-state index is 12.1. The second kappa shape index (κ2) is 36.1. The molecule has 0 rings (SSSR count). The molecule has 0 spiro atoms. The first-order valence-electron chi connectivity index (χ1n) is 18.4. The van der Waals surface area contributed by atoms with Crippen molar-refractivity contribution >= 4 is 5.97 Å². The Morgan fingerprint density at radius 3 is 1.36 bits per heavy atom. The van der Waals surface area contributed by atoms with Crippen LogP contribution in [-0.2, 0) is 14.3 Å². The van der Waals surface area contributed by atoms with Crippen LogP contribution in [0.4, 0.5) is 0 Å². The smallest absolute Gasteiger partial charge is 0.306 e. The molecule has 1 unspecified atom stereocenters. The second-order valence-electron chi connectivity index (χ2n) is 12.3. The molecule has 4 nitrogen and oxygen atoms in total. The summed E-state index contributed by atoms with van der Waals surface area (Å²) in [6, 6.07) is 0. The van der Waals surface area contributed by atoms with Crippen molar-refractivity contribution in [1.29, 1.82) is 0 Å². The SMILES string of the molecule is CCCCCCC/C=C\CCCCCCCCOCC(CO)OC(=O)CCCCCCC/C=C\CCCCCCCC. The number of aliphatic hydroxyl groups excluding tert-OH is 1. The van der Waals surface area contributed by atoms with Gasteiger partial charge in [0.25, 0.3) is 0 Å². The van der Waals surface area contributed by atoms with Crippen molar-refractivity contribution in [2.75, 3.05) is 19.8 Å². The summed E-state index contributed by atoms with van der Waals surface area (Å²) in [5.74, 6) is -0.211. The third-order valence-electron chi connectivity index (χ3n) is 8.00. The van der Waals surface area contributed by atoms with Crippen LogP contribution in [0.3, 0.4) is 0 Å². The summed E-state index contributed by atoms with van der Waals surface area (Å²) in [4.78, 5) is 12.1. The fourth-order valence-electron chi connectivity index (χ4n) is 5.20. The van der Waals surface area contributed by atoms with Crippen LogP contribution in [0, 0.1) is 0 Å². The summed E-state index contributed by atoms with van der Waals surface area (Å²) >= 11 is 0. The van der Waals surface area contributed by atoms with Crippen LogP contribution in [0.2, 0.25) is 0 Å². The van der Waals surface area contributed by atoms with Crippen LogP contribution >= 0.6 is 0 Å². The molecule has 0 aromatic heterocycles. The molecule has 1 atom stereocenters. The Bertz CT molecular complexity index is 586.